The molecule has 0 atom stereocenters. The van der Waals surface area contributed by atoms with Gasteiger partial charge in [-0.3, -0.25) is 9.69 Å². The van der Waals surface area contributed by atoms with Crippen molar-refractivity contribution in [3.8, 4) is 11.5 Å². The largest absolute Gasteiger partial charge is 0.508 e. The van der Waals surface area contributed by atoms with E-state index in [9.17, 15) is 19.8 Å². The summed E-state index contributed by atoms with van der Waals surface area (Å²) < 4.78 is 5.15. The third-order valence-electron chi connectivity index (χ3n) is 3.76. The summed E-state index contributed by atoms with van der Waals surface area (Å²) in [5.41, 5.74) is 0.834. The summed E-state index contributed by atoms with van der Waals surface area (Å²) in [6.45, 7) is 1.22. The van der Waals surface area contributed by atoms with Crippen molar-refractivity contribution in [1.29, 1.82) is 0 Å². The second-order valence-electron chi connectivity index (χ2n) is 5.85. The van der Waals surface area contributed by atoms with Gasteiger partial charge >= 0.3 is 5.97 Å². The summed E-state index contributed by atoms with van der Waals surface area (Å²) in [6.07, 6.45) is 0. The molecule has 0 fully saturated rings. The fourth-order valence-corrected chi connectivity index (χ4v) is 3.59. The molecule has 3 rings (SSSR count). The minimum absolute atomic E-state index is 0.0839. The van der Waals surface area contributed by atoms with Gasteiger partial charge in [0, 0.05) is 18.4 Å². The van der Waals surface area contributed by atoms with Crippen LogP contribution in [0.1, 0.15) is 23.0 Å². The molecule has 0 spiro atoms. The molecule has 2 N–H and O–H groups in total. The van der Waals surface area contributed by atoms with Gasteiger partial charge in [-0.15, -0.1) is 11.3 Å². The van der Waals surface area contributed by atoms with Gasteiger partial charge in [0.15, 0.2) is 5.13 Å². The third kappa shape index (κ3) is 4.79. The smallest absolute Gasteiger partial charge is 0.342 e. The van der Waals surface area contributed by atoms with Crippen molar-refractivity contribution >= 4 is 57.2 Å². The van der Waals surface area contributed by atoms with Crippen LogP contribution in [0.5, 0.6) is 11.5 Å². The maximum atomic E-state index is 12.1. The lowest BCUT2D eigenvalue weighted by Gasteiger charge is -2.18. The van der Waals surface area contributed by atoms with Crippen LogP contribution in [0.3, 0.4) is 0 Å². The van der Waals surface area contributed by atoms with Crippen LogP contribution in [0.4, 0.5) is 10.8 Å². The van der Waals surface area contributed by atoms with Gasteiger partial charge < -0.3 is 14.9 Å². The van der Waals surface area contributed by atoms with Crippen molar-refractivity contribution < 1.29 is 24.5 Å². The highest BCUT2D eigenvalue weighted by atomic mass is 35.5. The van der Waals surface area contributed by atoms with Crippen molar-refractivity contribution in [3.05, 3.63) is 63.1 Å². The normalized spacial score (nSPS) is 10.6. The molecule has 10 heteroatoms. The van der Waals surface area contributed by atoms with Crippen LogP contribution in [0, 0.1) is 0 Å². The molecule has 1 heterocycles. The Morgan fingerprint density at radius 3 is 2.55 bits per heavy atom. The minimum Gasteiger partial charge on any atom is -0.508 e. The summed E-state index contributed by atoms with van der Waals surface area (Å²) in [5, 5.41) is 21.7. The van der Waals surface area contributed by atoms with Gasteiger partial charge in [0.05, 0.1) is 21.4 Å². The van der Waals surface area contributed by atoms with Gasteiger partial charge in [0.1, 0.15) is 23.7 Å². The monoisotopic (exact) mass is 452 g/mol. The first-order chi connectivity index (χ1) is 13.8. The zero-order valence-electron chi connectivity index (χ0n) is 14.9. The molecule has 0 aliphatic heterocycles. The number of phenols is 2. The van der Waals surface area contributed by atoms with E-state index in [2.05, 4.69) is 4.98 Å². The molecule has 0 bridgehead atoms. The molecule has 0 saturated heterocycles. The van der Waals surface area contributed by atoms with Gasteiger partial charge in [-0.1, -0.05) is 23.2 Å². The average Bonchev–Trinajstić information content (AvgIpc) is 3.11. The van der Waals surface area contributed by atoms with E-state index in [0.29, 0.717) is 26.6 Å². The Morgan fingerprint density at radius 2 is 1.90 bits per heavy atom. The molecular formula is C19H14Cl2N2O5S. The number of thiazole rings is 1. The number of ether oxygens (including phenoxy) is 1. The molecule has 0 aliphatic rings. The molecular weight excluding hydrogens is 439 g/mol. The summed E-state index contributed by atoms with van der Waals surface area (Å²) >= 11 is 13.2. The maximum absolute atomic E-state index is 12.1. The molecule has 0 unspecified atom stereocenters. The zero-order chi connectivity index (χ0) is 21.1. The van der Waals surface area contributed by atoms with Crippen molar-refractivity contribution in [2.24, 2.45) is 0 Å². The molecule has 0 saturated carbocycles. The van der Waals surface area contributed by atoms with Crippen molar-refractivity contribution in [1.82, 2.24) is 4.98 Å². The first-order valence-electron chi connectivity index (χ1n) is 8.15. The summed E-state index contributed by atoms with van der Waals surface area (Å²) in [5.74, 6) is -1.62. The summed E-state index contributed by atoms with van der Waals surface area (Å²) in [4.78, 5) is 30.0. The highest BCUT2D eigenvalue weighted by molar-refractivity contribution is 7.14. The van der Waals surface area contributed by atoms with E-state index in [0.717, 1.165) is 6.07 Å². The number of benzene rings is 2. The lowest BCUT2D eigenvalue weighted by atomic mass is 10.2. The average molecular weight is 453 g/mol. The fourth-order valence-electron chi connectivity index (χ4n) is 2.43. The topological polar surface area (TPSA) is 100.0 Å². The van der Waals surface area contributed by atoms with Gasteiger partial charge in [0.2, 0.25) is 5.91 Å². The molecule has 3 aromatic rings. The fraction of sp³-hybridized carbons (Fsp3) is 0.105. The number of hydrogen-bond donors (Lipinski definition) is 2. The number of esters is 1. The van der Waals surface area contributed by atoms with Crippen LogP contribution < -0.4 is 4.90 Å². The Labute approximate surface area is 179 Å². The molecule has 2 aromatic carbocycles. The number of phenolic OH excluding ortho intramolecular Hbond substituents is 2. The Morgan fingerprint density at radius 1 is 1.14 bits per heavy atom. The number of nitrogens with zero attached hydrogens (tertiary/aromatic N) is 2. The molecule has 0 aliphatic carbocycles. The molecule has 150 valence electrons. The van der Waals surface area contributed by atoms with Crippen LogP contribution in [-0.4, -0.2) is 27.1 Å². The minimum atomic E-state index is -0.773. The van der Waals surface area contributed by atoms with Gasteiger partial charge in [-0.05, 0) is 30.3 Å². The van der Waals surface area contributed by atoms with Crippen LogP contribution >= 0.6 is 34.5 Å². The molecule has 7 nitrogen and oxygen atoms in total. The SMILES string of the molecule is CC(=O)N(c1ccc(Cl)c(Cl)c1)c1nc(COC(=O)c2ccc(O)cc2O)cs1. The first kappa shape index (κ1) is 20.9. The second kappa shape index (κ2) is 8.69. The highest BCUT2D eigenvalue weighted by Crippen LogP contribution is 2.33. The van der Waals surface area contributed by atoms with E-state index >= 15 is 0 Å². The predicted octanol–water partition coefficient (Wildman–Crippen LogP) is 4.90. The van der Waals surface area contributed by atoms with E-state index in [-0.39, 0.29) is 23.8 Å². The standard InChI is InChI=1S/C19H14Cl2N2O5S/c1-10(24)23(12-2-5-15(20)16(21)6-12)19-22-11(9-29-19)8-28-18(27)14-4-3-13(25)7-17(14)26/h2-7,9,25-26H,8H2,1H3. The van der Waals surface area contributed by atoms with E-state index < -0.39 is 11.7 Å². The maximum Gasteiger partial charge on any atom is 0.342 e. The molecule has 1 aromatic heterocycles. The van der Waals surface area contributed by atoms with Crippen molar-refractivity contribution in [3.63, 3.8) is 0 Å². The number of carbonyl (C=O) groups is 2. The number of hydrogen-bond acceptors (Lipinski definition) is 7. The van der Waals surface area contributed by atoms with Gasteiger partial charge in [-0.25, -0.2) is 9.78 Å². The Bertz CT molecular complexity index is 1090. The number of aromatic hydroxyl groups is 2. The molecule has 0 radical (unpaired) electrons. The lowest BCUT2D eigenvalue weighted by molar-refractivity contribution is -0.115. The third-order valence-corrected chi connectivity index (χ3v) is 5.37. The van der Waals surface area contributed by atoms with Crippen LogP contribution in [0.15, 0.2) is 41.8 Å². The van der Waals surface area contributed by atoms with E-state index in [4.69, 9.17) is 27.9 Å². The van der Waals surface area contributed by atoms with Crippen LogP contribution in [0.25, 0.3) is 0 Å². The van der Waals surface area contributed by atoms with Crippen molar-refractivity contribution in [2.75, 3.05) is 4.90 Å². The Balaban J connectivity index is 1.75. The number of aromatic nitrogens is 1. The molecule has 29 heavy (non-hydrogen) atoms. The first-order valence-corrected chi connectivity index (χ1v) is 9.79. The van der Waals surface area contributed by atoms with Gasteiger partial charge in [0.25, 0.3) is 0 Å². The number of amides is 1. The van der Waals surface area contributed by atoms with Gasteiger partial charge in [-0.2, -0.15) is 0 Å². The lowest BCUT2D eigenvalue weighted by Crippen LogP contribution is -2.22. The van der Waals surface area contributed by atoms with E-state index in [1.165, 1.54) is 35.3 Å². The van der Waals surface area contributed by atoms with E-state index in [1.54, 1.807) is 23.6 Å². The molecule has 1 amide bonds. The second-order valence-corrected chi connectivity index (χ2v) is 7.50. The van der Waals surface area contributed by atoms with Crippen LogP contribution in [0.2, 0.25) is 10.0 Å². The predicted molar refractivity (Wildman–Crippen MR) is 110 cm³/mol. The number of halogens is 2. The number of anilines is 2. The summed E-state index contributed by atoms with van der Waals surface area (Å²) in [7, 11) is 0. The number of carbonyl (C=O) groups excluding carboxylic acids is 2. The Kier molecular flexibility index (Phi) is 6.26. The Hall–Kier alpha value is -2.81. The zero-order valence-corrected chi connectivity index (χ0v) is 17.3. The quantitative estimate of drug-likeness (QED) is 0.533. The number of rotatable bonds is 5. The van der Waals surface area contributed by atoms with Crippen LogP contribution in [-0.2, 0) is 16.1 Å². The highest BCUT2D eigenvalue weighted by Gasteiger charge is 2.20. The van der Waals surface area contributed by atoms with Crippen molar-refractivity contribution in [2.45, 2.75) is 13.5 Å². The summed E-state index contributed by atoms with van der Waals surface area (Å²) in [6, 6.07) is 8.33. The van der Waals surface area contributed by atoms with E-state index in [1.807, 2.05) is 0 Å².